The Balaban J connectivity index is 0.000000157. The van der Waals surface area contributed by atoms with Crippen molar-refractivity contribution in [2.45, 2.75) is 60.8 Å². The van der Waals surface area contributed by atoms with Gasteiger partial charge in [0.05, 0.1) is 70.1 Å². The number of nitrogen functional groups attached to an aromatic ring is 1. The first-order chi connectivity index (χ1) is 25.8. The van der Waals surface area contributed by atoms with Gasteiger partial charge in [0, 0.05) is 28.9 Å². The molecule has 8 rings (SSSR count). The largest absolute Gasteiger partial charge is 0.397 e. The van der Waals surface area contributed by atoms with Crippen LogP contribution in [0.5, 0.6) is 0 Å². The van der Waals surface area contributed by atoms with Crippen LogP contribution in [0.4, 0.5) is 17.1 Å². The Hall–Kier alpha value is -4.87. The number of anilines is 3. The van der Waals surface area contributed by atoms with E-state index in [-0.39, 0.29) is 9.79 Å². The first-order valence-corrected chi connectivity index (χ1v) is 21.8. The van der Waals surface area contributed by atoms with Gasteiger partial charge in [-0.15, -0.1) is 22.7 Å². The molecule has 8 aromatic rings. The minimum Gasteiger partial charge on any atom is -0.397 e. The first-order valence-electron chi connectivity index (χ1n) is 16.7. The molecule has 0 aliphatic rings. The Kier molecular flexibility index (Phi) is 11.1. The summed E-state index contributed by atoms with van der Waals surface area (Å²) in [6.45, 7) is 10.1. The second kappa shape index (κ2) is 15.3. The van der Waals surface area contributed by atoms with Gasteiger partial charge in [-0.3, -0.25) is 9.97 Å². The molecule has 2 aromatic carbocycles. The molecule has 6 aromatic heterocycles. The summed E-state index contributed by atoms with van der Waals surface area (Å²) in [5.41, 5.74) is 14.3. The first kappa shape index (κ1) is 39.8. The molecule has 0 amide bonds. The molecule has 0 saturated heterocycles. The van der Waals surface area contributed by atoms with Crippen molar-refractivity contribution in [3.8, 4) is 0 Å². The van der Waals surface area contributed by atoms with E-state index in [9.17, 15) is 16.8 Å². The zero-order valence-electron chi connectivity index (χ0n) is 30.6. The molecule has 0 aliphatic carbocycles. The number of benzene rings is 2. The van der Waals surface area contributed by atoms with Crippen molar-refractivity contribution in [2.24, 2.45) is 0 Å². The number of hydrogen-bond acceptors (Lipinski definition) is 14. The van der Waals surface area contributed by atoms with E-state index >= 15 is 0 Å². The van der Waals surface area contributed by atoms with Crippen molar-refractivity contribution in [3.63, 3.8) is 0 Å². The van der Waals surface area contributed by atoms with Crippen LogP contribution < -0.4 is 11.1 Å². The number of thiazole rings is 2. The van der Waals surface area contributed by atoms with Crippen LogP contribution in [0.25, 0.3) is 42.5 Å². The lowest BCUT2D eigenvalue weighted by Crippen LogP contribution is -2.27. The maximum absolute atomic E-state index is 12.8. The van der Waals surface area contributed by atoms with Crippen LogP contribution in [0.3, 0.4) is 0 Å². The van der Waals surface area contributed by atoms with E-state index < -0.39 is 29.2 Å². The number of aromatic nitrogens is 6. The molecule has 0 bridgehead atoms. The number of nitrogens with zero attached hydrogens (tertiary/aromatic N) is 6. The lowest BCUT2D eigenvalue weighted by atomic mass is 10.2. The monoisotopic (exact) mass is 832 g/mol. The lowest BCUT2D eigenvalue weighted by molar-refractivity contribution is 0.559. The summed E-state index contributed by atoms with van der Waals surface area (Å²) in [4.78, 5) is 27.7. The van der Waals surface area contributed by atoms with E-state index in [1.165, 1.54) is 22.7 Å². The minimum atomic E-state index is -3.46. The number of nitrogens with one attached hydrogen (secondary N) is 1. The molecule has 0 atom stereocenters. The third-order valence-corrected chi connectivity index (χ3v) is 15.1. The van der Waals surface area contributed by atoms with Gasteiger partial charge < -0.3 is 11.1 Å². The van der Waals surface area contributed by atoms with E-state index in [1.807, 2.05) is 18.2 Å². The fourth-order valence-electron chi connectivity index (χ4n) is 5.12. The third-order valence-electron chi connectivity index (χ3n) is 8.28. The second-order valence-corrected chi connectivity index (χ2v) is 21.7. The second-order valence-electron chi connectivity index (χ2n) is 14.2. The molecule has 0 unspecified atom stereocenters. The van der Waals surface area contributed by atoms with Crippen LogP contribution in [0, 0.1) is 0 Å². The van der Waals surface area contributed by atoms with Crippen LogP contribution in [-0.2, 0) is 19.7 Å². The molecule has 6 heterocycles. The topological polar surface area (TPSA) is 184 Å². The van der Waals surface area contributed by atoms with Gasteiger partial charge >= 0.3 is 0 Å². The van der Waals surface area contributed by atoms with Crippen molar-refractivity contribution in [1.29, 1.82) is 0 Å². The van der Waals surface area contributed by atoms with Gasteiger partial charge in [0.1, 0.15) is 20.7 Å². The molecule has 0 spiro atoms. The summed E-state index contributed by atoms with van der Waals surface area (Å²) < 4.78 is 48.6. The number of sulfone groups is 2. The Bertz CT molecular complexity index is 2900. The highest BCUT2D eigenvalue weighted by Gasteiger charge is 2.32. The highest BCUT2D eigenvalue weighted by Crippen LogP contribution is 2.32. The van der Waals surface area contributed by atoms with Gasteiger partial charge in [0.25, 0.3) is 0 Å². The van der Waals surface area contributed by atoms with Gasteiger partial charge in [-0.05, 0) is 102 Å². The standard InChI is InChI=1S/C19H18N4O2S2.C13H14ClNO2S.C6H5N3S/c1-19(2,3)27(24,25)13-4-5-15-14(9-13)16(6-7-20-15)23-12-8-17-18(21-10-12)26-11-22-17;1-13(2,3)18(16,17)9-4-5-12-10(8-9)11(14)6-7-15-12;7-4-1-5-6(8-2-4)10-3-9-5/h4-11H,1-3H3,(H,20,23);4-8H,1-3H3;1-3H,7H2. The highest BCUT2D eigenvalue weighted by atomic mass is 35.5. The van der Waals surface area contributed by atoms with Crippen molar-refractivity contribution in [2.75, 3.05) is 11.1 Å². The lowest BCUT2D eigenvalue weighted by Gasteiger charge is -2.19. The summed E-state index contributed by atoms with van der Waals surface area (Å²) in [5.74, 6) is 0. The molecular weight excluding hydrogens is 796 g/mol. The number of halogens is 1. The Morgan fingerprint density at radius 2 is 1.11 bits per heavy atom. The maximum Gasteiger partial charge on any atom is 0.183 e. The molecule has 17 heteroatoms. The van der Waals surface area contributed by atoms with Crippen LogP contribution in [-0.4, -0.2) is 56.2 Å². The summed E-state index contributed by atoms with van der Waals surface area (Å²) in [6.07, 6.45) is 6.67. The molecule has 12 nitrogen and oxygen atoms in total. The quantitative estimate of drug-likeness (QED) is 0.172. The Morgan fingerprint density at radius 3 is 1.69 bits per heavy atom. The molecule has 55 heavy (non-hydrogen) atoms. The average molecular weight is 833 g/mol. The van der Waals surface area contributed by atoms with Crippen molar-refractivity contribution >= 4 is 114 Å². The van der Waals surface area contributed by atoms with E-state index in [1.54, 1.807) is 120 Å². The van der Waals surface area contributed by atoms with Crippen LogP contribution >= 0.6 is 34.3 Å². The van der Waals surface area contributed by atoms with E-state index in [4.69, 9.17) is 17.3 Å². The molecule has 284 valence electrons. The number of pyridine rings is 4. The van der Waals surface area contributed by atoms with Gasteiger partial charge in [0.2, 0.25) is 0 Å². The molecule has 0 fully saturated rings. The van der Waals surface area contributed by atoms with Gasteiger partial charge in [-0.25, -0.2) is 36.8 Å². The van der Waals surface area contributed by atoms with Gasteiger partial charge in [-0.2, -0.15) is 0 Å². The smallest absolute Gasteiger partial charge is 0.183 e. The highest BCUT2D eigenvalue weighted by molar-refractivity contribution is 7.93. The molecule has 0 aliphatic heterocycles. The summed E-state index contributed by atoms with van der Waals surface area (Å²) in [6, 6.07) is 17.1. The summed E-state index contributed by atoms with van der Waals surface area (Å²) >= 11 is 9.06. The van der Waals surface area contributed by atoms with Gasteiger partial charge in [-0.1, -0.05) is 11.6 Å². The summed E-state index contributed by atoms with van der Waals surface area (Å²) in [5, 5.41) is 5.21. The fourth-order valence-corrected chi connectivity index (χ4v) is 9.01. The Labute approximate surface area is 331 Å². The minimum absolute atomic E-state index is 0.275. The van der Waals surface area contributed by atoms with Crippen LogP contribution in [0.15, 0.2) is 106 Å². The summed E-state index contributed by atoms with van der Waals surface area (Å²) in [7, 11) is -6.83. The SMILES string of the molecule is CC(C)(C)S(=O)(=O)c1ccc2nccc(Cl)c2c1.CC(C)(C)S(=O)(=O)c1ccc2nccc(Nc3cnc4scnc4c3)c2c1.Nc1cnc2scnc2c1. The fraction of sp³-hybridized carbons (Fsp3) is 0.211. The van der Waals surface area contributed by atoms with E-state index in [0.29, 0.717) is 21.6 Å². The third kappa shape index (κ3) is 8.53. The predicted octanol–water partition coefficient (Wildman–Crippen LogP) is 9.29. The number of hydrogen-bond donors (Lipinski definition) is 2. The Morgan fingerprint density at radius 1 is 0.600 bits per heavy atom. The number of rotatable bonds is 4. The molecule has 3 N–H and O–H groups in total. The normalized spacial score (nSPS) is 12.3. The average Bonchev–Trinajstić information content (AvgIpc) is 3.80. The van der Waals surface area contributed by atoms with Crippen molar-refractivity contribution < 1.29 is 16.8 Å². The number of nitrogens with two attached hydrogens (primary N) is 1. The molecular formula is C38H37ClN8O4S4. The van der Waals surface area contributed by atoms with Crippen molar-refractivity contribution in [3.05, 3.63) is 101 Å². The zero-order valence-corrected chi connectivity index (χ0v) is 34.7. The maximum atomic E-state index is 12.8. The molecule has 0 radical (unpaired) electrons. The van der Waals surface area contributed by atoms with Crippen molar-refractivity contribution in [1.82, 2.24) is 29.9 Å². The van der Waals surface area contributed by atoms with Crippen LogP contribution in [0.2, 0.25) is 5.02 Å². The predicted molar refractivity (Wildman–Crippen MR) is 225 cm³/mol. The number of fused-ring (bicyclic) bond motifs is 4. The molecule has 0 saturated carbocycles. The zero-order chi connectivity index (χ0) is 39.8. The van der Waals surface area contributed by atoms with Gasteiger partial charge in [0.15, 0.2) is 19.7 Å². The van der Waals surface area contributed by atoms with E-state index in [2.05, 4.69) is 35.2 Å². The van der Waals surface area contributed by atoms with E-state index in [0.717, 1.165) is 43.0 Å². The van der Waals surface area contributed by atoms with Crippen LogP contribution in [0.1, 0.15) is 41.5 Å².